The first-order chi connectivity index (χ1) is 6.46. The second-order valence-corrected chi connectivity index (χ2v) is 5.39. The molecule has 1 saturated heterocycles. The normalized spacial score (nSPS) is 23.3. The zero-order chi connectivity index (χ0) is 10.8. The first kappa shape index (κ1) is 11.5. The molecular formula is C12H23NO. The minimum atomic E-state index is 0.137. The molecule has 0 spiro atoms. The van der Waals surface area contributed by atoms with E-state index < -0.39 is 0 Å². The Morgan fingerprint density at radius 3 is 2.50 bits per heavy atom. The predicted molar refractivity (Wildman–Crippen MR) is 59.1 cm³/mol. The average Bonchev–Trinajstić information content (AvgIpc) is 2.42. The van der Waals surface area contributed by atoms with Gasteiger partial charge in [-0.05, 0) is 18.3 Å². The van der Waals surface area contributed by atoms with Gasteiger partial charge >= 0.3 is 0 Å². The molecule has 14 heavy (non-hydrogen) atoms. The Kier molecular flexibility index (Phi) is 3.57. The van der Waals surface area contributed by atoms with E-state index in [9.17, 15) is 4.79 Å². The zero-order valence-corrected chi connectivity index (χ0v) is 9.97. The van der Waals surface area contributed by atoms with E-state index in [-0.39, 0.29) is 11.3 Å². The SMILES string of the molecule is CCCCN1CCC(C(C)(C)C)C1=O. The summed E-state index contributed by atoms with van der Waals surface area (Å²) in [5.41, 5.74) is 0.137. The van der Waals surface area contributed by atoms with Gasteiger partial charge in [0.2, 0.25) is 5.91 Å². The molecule has 1 atom stereocenters. The molecule has 0 radical (unpaired) electrons. The van der Waals surface area contributed by atoms with Gasteiger partial charge in [0, 0.05) is 19.0 Å². The molecule has 0 aromatic carbocycles. The largest absolute Gasteiger partial charge is 0.342 e. The predicted octanol–water partition coefficient (Wildman–Crippen LogP) is 2.68. The molecule has 1 amide bonds. The lowest BCUT2D eigenvalue weighted by Gasteiger charge is -2.25. The highest BCUT2D eigenvalue weighted by Gasteiger charge is 2.38. The van der Waals surface area contributed by atoms with E-state index in [1.165, 1.54) is 6.42 Å². The molecule has 0 saturated carbocycles. The molecule has 82 valence electrons. The molecule has 1 rings (SSSR count). The molecule has 1 aliphatic rings. The Morgan fingerprint density at radius 2 is 2.07 bits per heavy atom. The standard InChI is InChI=1S/C12H23NO/c1-5-6-8-13-9-7-10(11(13)14)12(2,3)4/h10H,5-9H2,1-4H3. The third-order valence-electron chi connectivity index (χ3n) is 3.12. The van der Waals surface area contributed by atoms with E-state index in [1.807, 2.05) is 4.90 Å². The fourth-order valence-corrected chi connectivity index (χ4v) is 2.11. The molecule has 0 aromatic heterocycles. The van der Waals surface area contributed by atoms with Crippen LogP contribution >= 0.6 is 0 Å². The number of amides is 1. The maximum Gasteiger partial charge on any atom is 0.226 e. The summed E-state index contributed by atoms with van der Waals surface area (Å²) in [4.78, 5) is 14.0. The van der Waals surface area contributed by atoms with E-state index in [0.29, 0.717) is 5.91 Å². The van der Waals surface area contributed by atoms with Gasteiger partial charge in [0.05, 0.1) is 0 Å². The van der Waals surface area contributed by atoms with Crippen LogP contribution in [0, 0.1) is 11.3 Å². The van der Waals surface area contributed by atoms with Crippen molar-refractivity contribution in [3.05, 3.63) is 0 Å². The van der Waals surface area contributed by atoms with Crippen molar-refractivity contribution < 1.29 is 4.79 Å². The first-order valence-corrected chi connectivity index (χ1v) is 5.75. The highest BCUT2D eigenvalue weighted by atomic mass is 16.2. The summed E-state index contributed by atoms with van der Waals surface area (Å²) in [6.45, 7) is 10.6. The Hall–Kier alpha value is -0.530. The summed E-state index contributed by atoms with van der Waals surface area (Å²) < 4.78 is 0. The number of carbonyl (C=O) groups is 1. The van der Waals surface area contributed by atoms with Crippen LogP contribution in [0.1, 0.15) is 47.0 Å². The maximum absolute atomic E-state index is 12.0. The van der Waals surface area contributed by atoms with Crippen LogP contribution in [0.2, 0.25) is 0 Å². The van der Waals surface area contributed by atoms with E-state index in [2.05, 4.69) is 27.7 Å². The lowest BCUT2D eigenvalue weighted by Crippen LogP contribution is -2.33. The number of likely N-dealkylation sites (tertiary alicyclic amines) is 1. The van der Waals surface area contributed by atoms with E-state index in [4.69, 9.17) is 0 Å². The monoisotopic (exact) mass is 197 g/mol. The van der Waals surface area contributed by atoms with Gasteiger partial charge in [0.1, 0.15) is 0 Å². The van der Waals surface area contributed by atoms with Crippen LogP contribution in [0.5, 0.6) is 0 Å². The van der Waals surface area contributed by atoms with Gasteiger partial charge in [0.15, 0.2) is 0 Å². The molecule has 0 N–H and O–H groups in total. The summed E-state index contributed by atoms with van der Waals surface area (Å²) in [6.07, 6.45) is 3.36. The van der Waals surface area contributed by atoms with E-state index >= 15 is 0 Å². The van der Waals surface area contributed by atoms with Gasteiger partial charge in [0.25, 0.3) is 0 Å². The van der Waals surface area contributed by atoms with Crippen LogP contribution in [-0.4, -0.2) is 23.9 Å². The molecule has 1 aliphatic heterocycles. The third kappa shape index (κ3) is 2.49. The van der Waals surface area contributed by atoms with Crippen molar-refractivity contribution in [2.24, 2.45) is 11.3 Å². The Labute approximate surface area is 87.7 Å². The molecular weight excluding hydrogens is 174 g/mol. The molecule has 1 unspecified atom stereocenters. The smallest absolute Gasteiger partial charge is 0.226 e. The van der Waals surface area contributed by atoms with Crippen LogP contribution in [0.4, 0.5) is 0 Å². The van der Waals surface area contributed by atoms with Gasteiger partial charge in [-0.25, -0.2) is 0 Å². The minimum absolute atomic E-state index is 0.137. The minimum Gasteiger partial charge on any atom is -0.342 e. The Morgan fingerprint density at radius 1 is 1.43 bits per heavy atom. The average molecular weight is 197 g/mol. The fourth-order valence-electron chi connectivity index (χ4n) is 2.11. The van der Waals surface area contributed by atoms with Crippen LogP contribution in [0.3, 0.4) is 0 Å². The van der Waals surface area contributed by atoms with Crippen molar-refractivity contribution in [2.75, 3.05) is 13.1 Å². The maximum atomic E-state index is 12.0. The van der Waals surface area contributed by atoms with Crippen molar-refractivity contribution >= 4 is 5.91 Å². The van der Waals surface area contributed by atoms with E-state index in [1.54, 1.807) is 0 Å². The van der Waals surface area contributed by atoms with Crippen molar-refractivity contribution in [3.8, 4) is 0 Å². The molecule has 0 aliphatic carbocycles. The molecule has 2 heteroatoms. The first-order valence-electron chi connectivity index (χ1n) is 5.75. The van der Waals surface area contributed by atoms with Crippen molar-refractivity contribution in [2.45, 2.75) is 47.0 Å². The van der Waals surface area contributed by atoms with Gasteiger partial charge in [-0.1, -0.05) is 34.1 Å². The van der Waals surface area contributed by atoms with Gasteiger partial charge < -0.3 is 4.90 Å². The van der Waals surface area contributed by atoms with Gasteiger partial charge in [-0.3, -0.25) is 4.79 Å². The van der Waals surface area contributed by atoms with E-state index in [0.717, 1.165) is 25.9 Å². The fraction of sp³-hybridized carbons (Fsp3) is 0.917. The van der Waals surface area contributed by atoms with Crippen molar-refractivity contribution in [3.63, 3.8) is 0 Å². The number of rotatable bonds is 3. The summed E-state index contributed by atoms with van der Waals surface area (Å²) in [7, 11) is 0. The van der Waals surface area contributed by atoms with Crippen LogP contribution < -0.4 is 0 Å². The third-order valence-corrected chi connectivity index (χ3v) is 3.12. The van der Waals surface area contributed by atoms with Gasteiger partial charge in [-0.2, -0.15) is 0 Å². The highest BCUT2D eigenvalue weighted by Crippen LogP contribution is 2.34. The summed E-state index contributed by atoms with van der Waals surface area (Å²) in [5, 5.41) is 0. The number of carbonyl (C=O) groups excluding carboxylic acids is 1. The van der Waals surface area contributed by atoms with Gasteiger partial charge in [-0.15, -0.1) is 0 Å². The Bertz CT molecular complexity index is 205. The highest BCUT2D eigenvalue weighted by molar-refractivity contribution is 5.81. The number of unbranched alkanes of at least 4 members (excludes halogenated alkanes) is 1. The number of hydrogen-bond acceptors (Lipinski definition) is 1. The molecule has 1 fully saturated rings. The topological polar surface area (TPSA) is 20.3 Å². The summed E-state index contributed by atoms with van der Waals surface area (Å²) >= 11 is 0. The van der Waals surface area contributed by atoms with Crippen LogP contribution in [-0.2, 0) is 4.79 Å². The molecule has 2 nitrogen and oxygen atoms in total. The summed E-state index contributed by atoms with van der Waals surface area (Å²) in [6, 6.07) is 0. The number of nitrogens with zero attached hydrogens (tertiary/aromatic N) is 1. The Balaban J connectivity index is 2.52. The second kappa shape index (κ2) is 4.33. The summed E-state index contributed by atoms with van der Waals surface area (Å²) in [5.74, 6) is 0.630. The van der Waals surface area contributed by atoms with Crippen molar-refractivity contribution in [1.82, 2.24) is 4.90 Å². The van der Waals surface area contributed by atoms with Crippen molar-refractivity contribution in [1.29, 1.82) is 0 Å². The molecule has 1 heterocycles. The molecule has 0 bridgehead atoms. The molecule has 0 aromatic rings. The zero-order valence-electron chi connectivity index (χ0n) is 9.97. The number of hydrogen-bond donors (Lipinski definition) is 0. The quantitative estimate of drug-likeness (QED) is 0.681. The second-order valence-electron chi connectivity index (χ2n) is 5.39. The lowest BCUT2D eigenvalue weighted by molar-refractivity contribution is -0.133. The van der Waals surface area contributed by atoms with Crippen LogP contribution in [0.25, 0.3) is 0 Å². The van der Waals surface area contributed by atoms with Crippen LogP contribution in [0.15, 0.2) is 0 Å². The lowest BCUT2D eigenvalue weighted by atomic mass is 9.80.